The molecule has 0 fully saturated rings. The summed E-state index contributed by atoms with van der Waals surface area (Å²) in [6.07, 6.45) is 0. The standard InChI is InChI=1S/C12H28N4O.HI/c1-12(2,3)15-11(13-4)14-7-8-16(5)9-10-17-6;/h7-10H2,1-6H3,(H2,13,14,15);1H. The van der Waals surface area contributed by atoms with Crippen molar-refractivity contribution in [1.29, 1.82) is 0 Å². The van der Waals surface area contributed by atoms with E-state index in [0.29, 0.717) is 0 Å². The molecule has 110 valence electrons. The van der Waals surface area contributed by atoms with E-state index in [1.54, 1.807) is 14.2 Å². The third-order valence-electron chi connectivity index (χ3n) is 2.18. The van der Waals surface area contributed by atoms with Crippen LogP contribution in [-0.2, 0) is 4.74 Å². The first-order valence-corrected chi connectivity index (χ1v) is 6.05. The van der Waals surface area contributed by atoms with Gasteiger partial charge in [-0.25, -0.2) is 0 Å². The van der Waals surface area contributed by atoms with Crippen molar-refractivity contribution >= 4 is 29.9 Å². The fourth-order valence-electron chi connectivity index (χ4n) is 1.26. The predicted octanol–water partition coefficient (Wildman–Crippen LogP) is 1.15. The second-order valence-corrected chi connectivity index (χ2v) is 5.17. The van der Waals surface area contributed by atoms with Crippen LogP contribution in [0.1, 0.15) is 20.8 Å². The van der Waals surface area contributed by atoms with Gasteiger partial charge in [0.05, 0.1) is 6.61 Å². The van der Waals surface area contributed by atoms with Gasteiger partial charge < -0.3 is 20.3 Å². The van der Waals surface area contributed by atoms with E-state index in [-0.39, 0.29) is 29.5 Å². The maximum Gasteiger partial charge on any atom is 0.191 e. The molecule has 0 unspecified atom stereocenters. The second kappa shape index (κ2) is 10.8. The largest absolute Gasteiger partial charge is 0.383 e. The molecule has 0 atom stereocenters. The van der Waals surface area contributed by atoms with Gasteiger partial charge in [-0.2, -0.15) is 0 Å². The molecule has 0 amide bonds. The highest BCUT2D eigenvalue weighted by Gasteiger charge is 2.11. The molecule has 0 aliphatic rings. The zero-order valence-electron chi connectivity index (χ0n) is 12.5. The minimum Gasteiger partial charge on any atom is -0.383 e. The quantitative estimate of drug-likeness (QED) is 0.417. The number of nitrogens with zero attached hydrogens (tertiary/aromatic N) is 2. The number of hydrogen-bond acceptors (Lipinski definition) is 3. The first-order valence-electron chi connectivity index (χ1n) is 6.05. The SMILES string of the molecule is CN=C(NCCN(C)CCOC)NC(C)(C)C.I. The molecule has 0 saturated heterocycles. The van der Waals surface area contributed by atoms with Crippen molar-refractivity contribution in [2.24, 2.45) is 4.99 Å². The van der Waals surface area contributed by atoms with Gasteiger partial charge in [-0.15, -0.1) is 24.0 Å². The van der Waals surface area contributed by atoms with Crippen LogP contribution in [0.15, 0.2) is 4.99 Å². The van der Waals surface area contributed by atoms with Gasteiger partial charge in [-0.3, -0.25) is 4.99 Å². The van der Waals surface area contributed by atoms with Crippen LogP contribution in [0.2, 0.25) is 0 Å². The third kappa shape index (κ3) is 12.4. The van der Waals surface area contributed by atoms with Gasteiger partial charge in [0, 0.05) is 39.3 Å². The van der Waals surface area contributed by atoms with Crippen LogP contribution in [0.4, 0.5) is 0 Å². The Labute approximate surface area is 129 Å². The molecule has 6 heteroatoms. The monoisotopic (exact) mass is 372 g/mol. The van der Waals surface area contributed by atoms with Crippen molar-refractivity contribution in [2.45, 2.75) is 26.3 Å². The van der Waals surface area contributed by atoms with Gasteiger partial charge in [-0.1, -0.05) is 0 Å². The van der Waals surface area contributed by atoms with Crippen LogP contribution < -0.4 is 10.6 Å². The summed E-state index contributed by atoms with van der Waals surface area (Å²) in [5.74, 6) is 0.845. The van der Waals surface area contributed by atoms with Crippen LogP contribution in [0.5, 0.6) is 0 Å². The van der Waals surface area contributed by atoms with Crippen molar-refractivity contribution in [3.63, 3.8) is 0 Å². The molecule has 0 heterocycles. The molecule has 0 bridgehead atoms. The number of likely N-dealkylation sites (N-methyl/N-ethyl adjacent to an activating group) is 1. The van der Waals surface area contributed by atoms with Gasteiger partial charge in [-0.05, 0) is 27.8 Å². The fourth-order valence-corrected chi connectivity index (χ4v) is 1.26. The predicted molar refractivity (Wildman–Crippen MR) is 89.0 cm³/mol. The molecule has 0 rings (SSSR count). The summed E-state index contributed by atoms with van der Waals surface area (Å²) in [7, 11) is 5.59. The number of methoxy groups -OCH3 is 1. The van der Waals surface area contributed by atoms with Gasteiger partial charge >= 0.3 is 0 Å². The molecule has 0 spiro atoms. The van der Waals surface area contributed by atoms with Gasteiger partial charge in [0.1, 0.15) is 0 Å². The summed E-state index contributed by atoms with van der Waals surface area (Å²) in [6, 6.07) is 0. The van der Waals surface area contributed by atoms with E-state index in [2.05, 4.69) is 48.3 Å². The highest BCUT2D eigenvalue weighted by atomic mass is 127. The Morgan fingerprint density at radius 2 is 1.89 bits per heavy atom. The average Bonchev–Trinajstić information content (AvgIpc) is 2.23. The van der Waals surface area contributed by atoms with E-state index < -0.39 is 0 Å². The highest BCUT2D eigenvalue weighted by molar-refractivity contribution is 14.0. The van der Waals surface area contributed by atoms with Crippen LogP contribution >= 0.6 is 24.0 Å². The van der Waals surface area contributed by atoms with Crippen LogP contribution in [0.3, 0.4) is 0 Å². The molecule has 0 aliphatic carbocycles. The molecule has 0 aromatic carbocycles. The molecule has 0 saturated carbocycles. The number of hydrogen-bond donors (Lipinski definition) is 2. The lowest BCUT2D eigenvalue weighted by molar-refractivity contribution is 0.162. The number of nitrogens with one attached hydrogen (secondary N) is 2. The number of guanidine groups is 1. The summed E-state index contributed by atoms with van der Waals surface area (Å²) in [4.78, 5) is 6.41. The molecule has 2 N–H and O–H groups in total. The maximum absolute atomic E-state index is 5.03. The Balaban J connectivity index is 0. The molecule has 0 aromatic rings. The van der Waals surface area contributed by atoms with Gasteiger partial charge in [0.2, 0.25) is 0 Å². The Bertz CT molecular complexity index is 229. The summed E-state index contributed by atoms with van der Waals surface area (Å²) < 4.78 is 5.03. The number of aliphatic imine (C=N–C) groups is 1. The van der Waals surface area contributed by atoms with E-state index in [1.165, 1.54) is 0 Å². The Morgan fingerprint density at radius 1 is 1.28 bits per heavy atom. The van der Waals surface area contributed by atoms with Crippen LogP contribution in [-0.4, -0.2) is 63.8 Å². The fraction of sp³-hybridized carbons (Fsp3) is 0.917. The van der Waals surface area contributed by atoms with Crippen LogP contribution in [0.25, 0.3) is 0 Å². The number of ether oxygens (including phenoxy) is 1. The molecule has 5 nitrogen and oxygen atoms in total. The Hall–Kier alpha value is -0.0800. The van der Waals surface area contributed by atoms with Gasteiger partial charge in [0.25, 0.3) is 0 Å². The molecule has 0 aliphatic heterocycles. The zero-order chi connectivity index (χ0) is 13.3. The van der Waals surface area contributed by atoms with E-state index in [4.69, 9.17) is 4.74 Å². The van der Waals surface area contributed by atoms with Crippen molar-refractivity contribution < 1.29 is 4.74 Å². The van der Waals surface area contributed by atoms with E-state index in [1.807, 2.05) is 0 Å². The molecular formula is C12H29IN4O. The first-order chi connectivity index (χ1) is 7.89. The molecule has 0 radical (unpaired) electrons. The summed E-state index contributed by atoms with van der Waals surface area (Å²) >= 11 is 0. The molecule has 0 aromatic heterocycles. The Kier molecular flexibility index (Phi) is 12.2. The highest BCUT2D eigenvalue weighted by Crippen LogP contribution is 1.97. The third-order valence-corrected chi connectivity index (χ3v) is 2.18. The van der Waals surface area contributed by atoms with E-state index in [9.17, 15) is 0 Å². The van der Waals surface area contributed by atoms with Crippen molar-refractivity contribution in [3.8, 4) is 0 Å². The average molecular weight is 372 g/mol. The van der Waals surface area contributed by atoms with E-state index >= 15 is 0 Å². The molecular weight excluding hydrogens is 343 g/mol. The minimum absolute atomic E-state index is 0. The summed E-state index contributed by atoms with van der Waals surface area (Å²) in [6.45, 7) is 9.90. The number of rotatable bonds is 6. The van der Waals surface area contributed by atoms with E-state index in [0.717, 1.165) is 32.2 Å². The Morgan fingerprint density at radius 3 is 2.33 bits per heavy atom. The first kappa shape index (κ1) is 20.2. The number of halogens is 1. The van der Waals surface area contributed by atoms with Crippen molar-refractivity contribution in [3.05, 3.63) is 0 Å². The summed E-state index contributed by atoms with van der Waals surface area (Å²) in [5, 5.41) is 6.61. The van der Waals surface area contributed by atoms with Crippen molar-refractivity contribution in [2.75, 3.05) is 47.4 Å². The smallest absolute Gasteiger partial charge is 0.191 e. The summed E-state index contributed by atoms with van der Waals surface area (Å²) in [5.41, 5.74) is 0.0315. The lowest BCUT2D eigenvalue weighted by Crippen LogP contribution is -2.49. The van der Waals surface area contributed by atoms with Gasteiger partial charge in [0.15, 0.2) is 5.96 Å². The van der Waals surface area contributed by atoms with Crippen molar-refractivity contribution in [1.82, 2.24) is 15.5 Å². The maximum atomic E-state index is 5.03. The second-order valence-electron chi connectivity index (χ2n) is 5.17. The topological polar surface area (TPSA) is 48.9 Å². The lowest BCUT2D eigenvalue weighted by Gasteiger charge is -2.24. The molecule has 18 heavy (non-hydrogen) atoms. The normalized spacial score (nSPS) is 12.3. The zero-order valence-corrected chi connectivity index (χ0v) is 14.9. The lowest BCUT2D eigenvalue weighted by atomic mass is 10.1. The van der Waals surface area contributed by atoms with Crippen LogP contribution in [0, 0.1) is 0 Å². The minimum atomic E-state index is 0.